The van der Waals surface area contributed by atoms with Crippen molar-refractivity contribution in [2.24, 2.45) is 10.8 Å². The summed E-state index contributed by atoms with van der Waals surface area (Å²) in [4.78, 5) is 0. The maximum absolute atomic E-state index is 6.62. The highest BCUT2D eigenvalue weighted by Crippen LogP contribution is 2.75. The molecular formula is C27H43BO2. The summed E-state index contributed by atoms with van der Waals surface area (Å²) in [6.07, 6.45) is 0.934. The number of benzene rings is 1. The fourth-order valence-electron chi connectivity index (χ4n) is 7.09. The Bertz CT molecular complexity index is 872. The van der Waals surface area contributed by atoms with Gasteiger partial charge in [-0.15, -0.1) is 0 Å². The van der Waals surface area contributed by atoms with E-state index in [0.29, 0.717) is 0 Å². The molecule has 0 amide bonds. The zero-order valence-corrected chi connectivity index (χ0v) is 21.8. The van der Waals surface area contributed by atoms with Crippen LogP contribution in [0, 0.1) is 10.8 Å². The third-order valence-corrected chi connectivity index (χ3v) is 11.6. The zero-order valence-electron chi connectivity index (χ0n) is 21.8. The monoisotopic (exact) mass is 410 g/mol. The van der Waals surface area contributed by atoms with E-state index < -0.39 is 0 Å². The lowest BCUT2D eigenvalue weighted by atomic mass is 9.47. The molecule has 166 valence electrons. The van der Waals surface area contributed by atoms with Gasteiger partial charge in [0.05, 0.1) is 11.2 Å². The Morgan fingerprint density at radius 1 is 0.700 bits per heavy atom. The lowest BCUT2D eigenvalue weighted by Crippen LogP contribution is -2.55. The first kappa shape index (κ1) is 22.4. The van der Waals surface area contributed by atoms with Crippen LogP contribution >= 0.6 is 0 Å². The Morgan fingerprint density at radius 3 is 1.50 bits per heavy atom. The van der Waals surface area contributed by atoms with E-state index in [1.807, 2.05) is 0 Å². The van der Waals surface area contributed by atoms with Crippen LogP contribution in [0.2, 0.25) is 0 Å². The van der Waals surface area contributed by atoms with Crippen molar-refractivity contribution in [3.63, 3.8) is 0 Å². The molecule has 3 heteroatoms. The molecule has 1 heterocycles. The van der Waals surface area contributed by atoms with Gasteiger partial charge in [-0.1, -0.05) is 81.4 Å². The first-order chi connectivity index (χ1) is 13.3. The lowest BCUT2D eigenvalue weighted by Gasteiger charge is -2.56. The fourth-order valence-corrected chi connectivity index (χ4v) is 7.09. The molecule has 3 aliphatic rings. The number of hydrogen-bond acceptors (Lipinski definition) is 2. The van der Waals surface area contributed by atoms with E-state index in [9.17, 15) is 0 Å². The van der Waals surface area contributed by atoms with Gasteiger partial charge in [-0.3, -0.25) is 0 Å². The summed E-state index contributed by atoms with van der Waals surface area (Å²) >= 11 is 0. The number of rotatable bonds is 2. The minimum absolute atomic E-state index is 0.0673. The van der Waals surface area contributed by atoms with Gasteiger partial charge in [0, 0.05) is 5.41 Å². The molecule has 1 atom stereocenters. The van der Waals surface area contributed by atoms with Crippen molar-refractivity contribution < 1.29 is 9.31 Å². The molecule has 1 saturated heterocycles. The van der Waals surface area contributed by atoms with Crippen molar-refractivity contribution in [1.82, 2.24) is 0 Å². The Labute approximate surface area is 185 Å². The second-order valence-electron chi connectivity index (χ2n) is 13.3. The molecular weight excluding hydrogens is 367 g/mol. The van der Waals surface area contributed by atoms with Crippen LogP contribution < -0.4 is 5.46 Å². The first-order valence-electron chi connectivity index (χ1n) is 11.9. The summed E-state index contributed by atoms with van der Waals surface area (Å²) in [7, 11) is -0.309. The molecule has 0 spiro atoms. The van der Waals surface area contributed by atoms with E-state index in [-0.39, 0.29) is 45.4 Å². The van der Waals surface area contributed by atoms with Crippen LogP contribution in [0.1, 0.15) is 113 Å². The van der Waals surface area contributed by atoms with Crippen molar-refractivity contribution >= 4 is 12.6 Å². The second kappa shape index (κ2) is 5.57. The lowest BCUT2D eigenvalue weighted by molar-refractivity contribution is -0.0118. The van der Waals surface area contributed by atoms with Gasteiger partial charge in [-0.05, 0) is 71.0 Å². The summed E-state index contributed by atoms with van der Waals surface area (Å²) in [5, 5.41) is 0. The summed E-state index contributed by atoms with van der Waals surface area (Å²) in [6.45, 7) is 30.9. The largest absolute Gasteiger partial charge is 0.494 e. The minimum atomic E-state index is -0.316. The van der Waals surface area contributed by atoms with Gasteiger partial charge >= 0.3 is 7.12 Å². The first-order valence-corrected chi connectivity index (χ1v) is 11.9. The summed E-state index contributed by atoms with van der Waals surface area (Å²) in [5.74, 6) is 0. The highest BCUT2D eigenvalue weighted by atomic mass is 16.7. The summed E-state index contributed by atoms with van der Waals surface area (Å²) < 4.78 is 13.2. The van der Waals surface area contributed by atoms with Gasteiger partial charge in [0.1, 0.15) is 0 Å². The van der Waals surface area contributed by atoms with Crippen LogP contribution in [0.25, 0.3) is 0 Å². The zero-order chi connectivity index (χ0) is 22.9. The van der Waals surface area contributed by atoms with E-state index in [0.717, 1.165) is 6.42 Å². The molecule has 2 aliphatic carbocycles. The van der Waals surface area contributed by atoms with Crippen LogP contribution in [-0.2, 0) is 25.6 Å². The van der Waals surface area contributed by atoms with Crippen molar-refractivity contribution in [3.8, 4) is 0 Å². The molecule has 1 aromatic rings. The standard InChI is InChI=1S/C27H43BO2/c1-14-26(12)25(10,11)29-28(30-26)17-15-18-20-19(16-17)22(4,5)24(8,9)27(20,13)23(6,7)21(18,2)3/h15-16H,14H2,1-13H3. The van der Waals surface area contributed by atoms with E-state index in [1.54, 1.807) is 5.56 Å². The van der Waals surface area contributed by atoms with Crippen LogP contribution in [0.15, 0.2) is 12.1 Å². The van der Waals surface area contributed by atoms with Gasteiger partial charge < -0.3 is 9.31 Å². The normalized spacial score (nSPS) is 33.0. The van der Waals surface area contributed by atoms with Crippen molar-refractivity contribution in [2.75, 3.05) is 0 Å². The van der Waals surface area contributed by atoms with Crippen molar-refractivity contribution in [3.05, 3.63) is 28.8 Å². The Morgan fingerprint density at radius 2 is 1.13 bits per heavy atom. The van der Waals surface area contributed by atoms with Gasteiger partial charge in [0.25, 0.3) is 0 Å². The Kier molecular flexibility index (Phi) is 4.16. The molecule has 0 N–H and O–H groups in total. The third kappa shape index (κ3) is 2.06. The van der Waals surface area contributed by atoms with Crippen LogP contribution in [0.3, 0.4) is 0 Å². The average Bonchev–Trinajstić information content (AvgIpc) is 2.99. The minimum Gasteiger partial charge on any atom is -0.399 e. The smallest absolute Gasteiger partial charge is 0.399 e. The molecule has 2 nitrogen and oxygen atoms in total. The molecule has 1 fully saturated rings. The Hall–Kier alpha value is -0.795. The molecule has 0 saturated carbocycles. The molecule has 0 radical (unpaired) electrons. The molecule has 1 aliphatic heterocycles. The molecule has 4 rings (SSSR count). The van der Waals surface area contributed by atoms with Crippen molar-refractivity contribution in [2.45, 2.75) is 124 Å². The molecule has 30 heavy (non-hydrogen) atoms. The molecule has 1 aromatic carbocycles. The summed E-state index contributed by atoms with van der Waals surface area (Å²) in [5.41, 5.74) is 5.66. The van der Waals surface area contributed by atoms with Crippen LogP contribution in [0.4, 0.5) is 0 Å². The van der Waals surface area contributed by atoms with Gasteiger partial charge in [-0.25, -0.2) is 0 Å². The molecule has 0 bridgehead atoms. The maximum Gasteiger partial charge on any atom is 0.494 e. The van der Waals surface area contributed by atoms with E-state index in [1.165, 1.54) is 16.6 Å². The Balaban J connectivity index is 1.98. The van der Waals surface area contributed by atoms with Gasteiger partial charge in [0.15, 0.2) is 0 Å². The summed E-state index contributed by atoms with van der Waals surface area (Å²) in [6, 6.07) is 4.84. The highest BCUT2D eigenvalue weighted by Gasteiger charge is 2.72. The quantitative estimate of drug-likeness (QED) is 0.535. The van der Waals surface area contributed by atoms with Crippen LogP contribution in [-0.4, -0.2) is 18.3 Å². The molecule has 1 unspecified atom stereocenters. The van der Waals surface area contributed by atoms with Gasteiger partial charge in [-0.2, -0.15) is 0 Å². The van der Waals surface area contributed by atoms with E-state index in [2.05, 4.69) is 102 Å². The van der Waals surface area contributed by atoms with Gasteiger partial charge in [0.2, 0.25) is 0 Å². The topological polar surface area (TPSA) is 18.5 Å². The predicted molar refractivity (Wildman–Crippen MR) is 128 cm³/mol. The second-order valence-corrected chi connectivity index (χ2v) is 13.3. The van der Waals surface area contributed by atoms with E-state index >= 15 is 0 Å². The number of hydrogen-bond donors (Lipinski definition) is 0. The van der Waals surface area contributed by atoms with E-state index in [4.69, 9.17) is 9.31 Å². The fraction of sp³-hybridized carbons (Fsp3) is 0.778. The van der Waals surface area contributed by atoms with Crippen LogP contribution in [0.5, 0.6) is 0 Å². The van der Waals surface area contributed by atoms with Crippen molar-refractivity contribution in [1.29, 1.82) is 0 Å². The predicted octanol–water partition coefficient (Wildman–Crippen LogP) is 6.27. The highest BCUT2D eigenvalue weighted by molar-refractivity contribution is 6.62. The average molecular weight is 410 g/mol. The SMILES string of the molecule is CCC1(C)OB(c2cc3c4c(c2)C(C)(C)C(C)(C)C4(C)C(C)(C)C3(C)C)OC1(C)C. The third-order valence-electron chi connectivity index (χ3n) is 11.6. The maximum atomic E-state index is 6.62. The molecule has 0 aromatic heterocycles.